The van der Waals surface area contributed by atoms with Crippen LogP contribution in [0, 0.1) is 11.8 Å². The first kappa shape index (κ1) is 10.7. The summed E-state index contributed by atoms with van der Waals surface area (Å²) >= 11 is 5.77. The molecule has 0 saturated heterocycles. The second kappa shape index (κ2) is 4.72. The van der Waals surface area contributed by atoms with Crippen LogP contribution in [0.15, 0.2) is 23.4 Å². The fraction of sp³-hybridized carbons (Fsp3) is 0.222. The van der Waals surface area contributed by atoms with Crippen molar-refractivity contribution in [3.8, 4) is 0 Å². The van der Waals surface area contributed by atoms with E-state index in [2.05, 4.69) is 10.5 Å². The third-order valence-corrected chi connectivity index (χ3v) is 1.75. The number of nitrogens with zero attached hydrogens (tertiary/aromatic N) is 1. The standard InChI is InChI=1S/C9H9ClN2O2/c1-6-2-7(10)4-8(3-6)12-9(13)5-11-14/h2-4H,5H2,1H3,(H,12,13). The maximum Gasteiger partial charge on any atom is 0.249 e. The van der Waals surface area contributed by atoms with Crippen molar-refractivity contribution in [1.82, 2.24) is 0 Å². The van der Waals surface area contributed by atoms with Crippen molar-refractivity contribution >= 4 is 23.2 Å². The molecule has 1 aromatic rings. The maximum absolute atomic E-state index is 11.0. The Hall–Kier alpha value is -1.42. The zero-order valence-corrected chi connectivity index (χ0v) is 8.34. The molecule has 0 aliphatic rings. The van der Waals surface area contributed by atoms with E-state index >= 15 is 0 Å². The summed E-state index contributed by atoms with van der Waals surface area (Å²) in [6.45, 7) is 1.48. The minimum Gasteiger partial charge on any atom is -0.324 e. The van der Waals surface area contributed by atoms with E-state index in [-0.39, 0.29) is 6.54 Å². The van der Waals surface area contributed by atoms with Crippen molar-refractivity contribution in [1.29, 1.82) is 0 Å². The molecule has 1 N–H and O–H groups in total. The van der Waals surface area contributed by atoms with Gasteiger partial charge in [-0.2, -0.15) is 4.91 Å². The molecule has 0 aliphatic carbocycles. The molecule has 0 atom stereocenters. The van der Waals surface area contributed by atoms with Crippen molar-refractivity contribution in [2.24, 2.45) is 5.18 Å². The molecule has 74 valence electrons. The average Bonchev–Trinajstić information content (AvgIpc) is 2.01. The summed E-state index contributed by atoms with van der Waals surface area (Å²) in [4.78, 5) is 20.8. The highest BCUT2D eigenvalue weighted by Gasteiger charge is 2.02. The van der Waals surface area contributed by atoms with Gasteiger partial charge < -0.3 is 5.32 Å². The summed E-state index contributed by atoms with van der Waals surface area (Å²) in [5.74, 6) is -0.443. The molecule has 0 bridgehead atoms. The third-order valence-electron chi connectivity index (χ3n) is 1.53. The molecule has 0 spiro atoms. The van der Waals surface area contributed by atoms with Crippen molar-refractivity contribution in [3.63, 3.8) is 0 Å². The molecule has 1 amide bonds. The Bertz CT molecular complexity index is 346. The third kappa shape index (κ3) is 3.14. The zero-order chi connectivity index (χ0) is 10.6. The van der Waals surface area contributed by atoms with E-state index in [1.54, 1.807) is 18.2 Å². The molecule has 0 fully saturated rings. The molecule has 0 heterocycles. The number of rotatable bonds is 3. The molecule has 0 aliphatic heterocycles. The maximum atomic E-state index is 11.0. The summed E-state index contributed by atoms with van der Waals surface area (Å²) in [5.41, 5.74) is 1.51. The Balaban J connectivity index is 2.76. The van der Waals surface area contributed by atoms with E-state index in [1.807, 2.05) is 6.92 Å². The van der Waals surface area contributed by atoms with E-state index in [0.717, 1.165) is 5.56 Å². The Labute approximate surface area is 86.2 Å². The van der Waals surface area contributed by atoms with Crippen LogP contribution < -0.4 is 5.32 Å². The fourth-order valence-corrected chi connectivity index (χ4v) is 1.36. The summed E-state index contributed by atoms with van der Waals surface area (Å²) in [7, 11) is 0. The van der Waals surface area contributed by atoms with Gasteiger partial charge in [-0.25, -0.2) is 0 Å². The van der Waals surface area contributed by atoms with Crippen LogP contribution in [0.4, 0.5) is 5.69 Å². The highest BCUT2D eigenvalue weighted by atomic mass is 35.5. The molecular weight excluding hydrogens is 204 g/mol. The van der Waals surface area contributed by atoms with Crippen LogP contribution in [0.3, 0.4) is 0 Å². The van der Waals surface area contributed by atoms with Crippen LogP contribution in [0.25, 0.3) is 0 Å². The molecule has 14 heavy (non-hydrogen) atoms. The van der Waals surface area contributed by atoms with Gasteiger partial charge in [0.2, 0.25) is 5.91 Å². The van der Waals surface area contributed by atoms with E-state index in [0.29, 0.717) is 10.7 Å². The van der Waals surface area contributed by atoms with Crippen LogP contribution >= 0.6 is 11.6 Å². The van der Waals surface area contributed by atoms with Crippen molar-refractivity contribution in [2.45, 2.75) is 6.92 Å². The Morgan fingerprint density at radius 1 is 1.50 bits per heavy atom. The number of hydrogen-bond donors (Lipinski definition) is 1. The monoisotopic (exact) mass is 212 g/mol. The number of carbonyl (C=O) groups is 1. The highest BCUT2D eigenvalue weighted by Crippen LogP contribution is 2.18. The molecule has 1 aromatic carbocycles. The van der Waals surface area contributed by atoms with Crippen molar-refractivity contribution < 1.29 is 4.79 Å². The number of carbonyl (C=O) groups excluding carboxylic acids is 1. The van der Waals surface area contributed by atoms with Gasteiger partial charge in [0.15, 0.2) is 6.54 Å². The van der Waals surface area contributed by atoms with Gasteiger partial charge in [-0.1, -0.05) is 16.8 Å². The quantitative estimate of drug-likeness (QED) is 0.782. The first-order chi connectivity index (χ1) is 6.61. The van der Waals surface area contributed by atoms with Gasteiger partial charge in [0.1, 0.15) is 0 Å². The summed E-state index contributed by atoms with van der Waals surface area (Å²) in [6.07, 6.45) is 0. The lowest BCUT2D eigenvalue weighted by atomic mass is 10.2. The van der Waals surface area contributed by atoms with Crippen LogP contribution in [0.5, 0.6) is 0 Å². The first-order valence-corrected chi connectivity index (χ1v) is 4.36. The van der Waals surface area contributed by atoms with Crippen LogP contribution in [0.1, 0.15) is 5.56 Å². The molecule has 4 nitrogen and oxygen atoms in total. The number of amides is 1. The van der Waals surface area contributed by atoms with Gasteiger partial charge in [-0.15, -0.1) is 0 Å². The lowest BCUT2D eigenvalue weighted by molar-refractivity contribution is -0.114. The van der Waals surface area contributed by atoms with Crippen molar-refractivity contribution in [3.05, 3.63) is 33.7 Å². The summed E-state index contributed by atoms with van der Waals surface area (Å²) in [6, 6.07) is 5.14. The predicted octanol–water partition coefficient (Wildman–Crippen LogP) is 2.35. The number of anilines is 1. The van der Waals surface area contributed by atoms with Crippen LogP contribution in [-0.2, 0) is 4.79 Å². The lowest BCUT2D eigenvalue weighted by Gasteiger charge is -2.04. The molecule has 1 rings (SSSR count). The van der Waals surface area contributed by atoms with Crippen LogP contribution in [0.2, 0.25) is 5.02 Å². The molecule has 5 heteroatoms. The normalized spacial score (nSPS) is 9.57. The average molecular weight is 213 g/mol. The first-order valence-electron chi connectivity index (χ1n) is 3.98. The van der Waals surface area contributed by atoms with Gasteiger partial charge in [0.05, 0.1) is 0 Å². The minimum absolute atomic E-state index is 0.383. The molecular formula is C9H9ClN2O2. The lowest BCUT2D eigenvalue weighted by Crippen LogP contribution is -2.14. The molecule has 0 radical (unpaired) electrons. The van der Waals surface area contributed by atoms with Gasteiger partial charge in [0, 0.05) is 10.7 Å². The number of halogens is 1. The second-order valence-electron chi connectivity index (χ2n) is 2.85. The molecule has 0 saturated carbocycles. The molecule has 0 aromatic heterocycles. The summed E-state index contributed by atoms with van der Waals surface area (Å²) in [5, 5.41) is 5.53. The minimum atomic E-state index is -0.443. The van der Waals surface area contributed by atoms with E-state index < -0.39 is 5.91 Å². The van der Waals surface area contributed by atoms with Crippen LogP contribution in [-0.4, -0.2) is 12.5 Å². The fourth-order valence-electron chi connectivity index (χ4n) is 1.07. The van der Waals surface area contributed by atoms with Gasteiger partial charge in [0.25, 0.3) is 0 Å². The van der Waals surface area contributed by atoms with Crippen molar-refractivity contribution in [2.75, 3.05) is 11.9 Å². The number of nitroso groups, excluding NO2 is 1. The van der Waals surface area contributed by atoms with E-state index in [9.17, 15) is 9.70 Å². The SMILES string of the molecule is Cc1cc(Cl)cc(NC(=O)CN=O)c1. The van der Waals surface area contributed by atoms with E-state index in [1.165, 1.54) is 0 Å². The number of nitrogens with one attached hydrogen (secondary N) is 1. The Morgan fingerprint density at radius 3 is 2.79 bits per heavy atom. The second-order valence-corrected chi connectivity index (χ2v) is 3.29. The van der Waals surface area contributed by atoms with Gasteiger partial charge in [-0.3, -0.25) is 4.79 Å². The predicted molar refractivity (Wildman–Crippen MR) is 55.5 cm³/mol. The largest absolute Gasteiger partial charge is 0.324 e. The van der Waals surface area contributed by atoms with Gasteiger partial charge >= 0.3 is 0 Å². The smallest absolute Gasteiger partial charge is 0.249 e. The Morgan fingerprint density at radius 2 is 2.21 bits per heavy atom. The topological polar surface area (TPSA) is 58.5 Å². The number of hydrogen-bond acceptors (Lipinski definition) is 3. The highest BCUT2D eigenvalue weighted by molar-refractivity contribution is 6.31. The number of aryl methyl sites for hydroxylation is 1. The Kier molecular flexibility index (Phi) is 3.59. The van der Waals surface area contributed by atoms with Gasteiger partial charge in [-0.05, 0) is 30.7 Å². The van der Waals surface area contributed by atoms with E-state index in [4.69, 9.17) is 11.6 Å². The zero-order valence-electron chi connectivity index (χ0n) is 7.58. The summed E-state index contributed by atoms with van der Waals surface area (Å²) < 4.78 is 0. The molecule has 0 unspecified atom stereocenters. The number of benzene rings is 1.